The van der Waals surface area contributed by atoms with E-state index in [-0.39, 0.29) is 41.8 Å². The van der Waals surface area contributed by atoms with E-state index in [0.29, 0.717) is 0 Å². The van der Waals surface area contributed by atoms with Gasteiger partial charge in [-0.05, 0) is 12.1 Å². The fraction of sp³-hybridized carbons (Fsp3) is 0.300. The number of nitrogens with one attached hydrogen (secondary N) is 2. The van der Waals surface area contributed by atoms with Crippen LogP contribution < -0.4 is 29.6 Å². The van der Waals surface area contributed by atoms with E-state index in [4.69, 9.17) is 9.47 Å². The van der Waals surface area contributed by atoms with Gasteiger partial charge < -0.3 is 29.6 Å². The van der Waals surface area contributed by atoms with Gasteiger partial charge in [0, 0.05) is 24.7 Å². The number of nitrogens with zero attached hydrogens (tertiary/aromatic N) is 2. The van der Waals surface area contributed by atoms with E-state index in [2.05, 4.69) is 36.7 Å². The van der Waals surface area contributed by atoms with Gasteiger partial charge in [0.15, 0.2) is 24.7 Å². The lowest BCUT2D eigenvalue weighted by Crippen LogP contribution is -2.32. The number of halogens is 4. The van der Waals surface area contributed by atoms with E-state index in [1.54, 1.807) is 0 Å². The fourth-order valence-corrected chi connectivity index (χ4v) is 2.52. The van der Waals surface area contributed by atoms with Crippen molar-refractivity contribution < 1.29 is 46.1 Å². The normalized spacial score (nSPS) is 13.3. The van der Waals surface area contributed by atoms with Crippen LogP contribution in [0.5, 0.6) is 23.1 Å². The summed E-state index contributed by atoms with van der Waals surface area (Å²) in [6, 6.07) is 3.72. The van der Waals surface area contributed by atoms with Gasteiger partial charge in [0.05, 0.1) is 12.4 Å². The summed E-state index contributed by atoms with van der Waals surface area (Å²) in [7, 11) is 0. The van der Waals surface area contributed by atoms with Crippen molar-refractivity contribution in [2.24, 2.45) is 0 Å². The van der Waals surface area contributed by atoms with E-state index in [1.807, 2.05) is 0 Å². The van der Waals surface area contributed by atoms with Crippen LogP contribution in [0.3, 0.4) is 0 Å². The third kappa shape index (κ3) is 7.21. The third-order valence-corrected chi connectivity index (χ3v) is 4.03. The molecule has 1 aliphatic rings. The number of hydrogen-bond acceptors (Lipinski definition) is 8. The van der Waals surface area contributed by atoms with Crippen molar-refractivity contribution in [1.29, 1.82) is 0 Å². The highest BCUT2D eigenvalue weighted by Crippen LogP contribution is 2.42. The van der Waals surface area contributed by atoms with Crippen molar-refractivity contribution in [2.45, 2.75) is 19.1 Å². The van der Waals surface area contributed by atoms with Crippen LogP contribution in [0.2, 0.25) is 0 Å². The van der Waals surface area contributed by atoms with E-state index in [9.17, 15) is 27.2 Å². The molecule has 2 aromatic rings. The molecule has 2 N–H and O–H groups in total. The van der Waals surface area contributed by atoms with Crippen molar-refractivity contribution >= 4 is 11.8 Å². The Morgan fingerprint density at radius 3 is 2.50 bits per heavy atom. The van der Waals surface area contributed by atoms with Crippen LogP contribution >= 0.6 is 0 Å². The topological polar surface area (TPSA) is 121 Å². The van der Waals surface area contributed by atoms with Crippen LogP contribution in [0.15, 0.2) is 42.9 Å². The molecule has 0 atom stereocenters. The number of hydrogen-bond donors (Lipinski definition) is 2. The third-order valence-electron chi connectivity index (χ3n) is 4.03. The first-order valence-corrected chi connectivity index (χ1v) is 9.61. The maximum absolute atomic E-state index is 13.0. The highest BCUT2D eigenvalue weighted by atomic mass is 19.3. The van der Waals surface area contributed by atoms with Gasteiger partial charge in [-0.3, -0.25) is 9.59 Å². The first-order valence-electron chi connectivity index (χ1n) is 9.61. The first-order chi connectivity index (χ1) is 16.1. The van der Waals surface area contributed by atoms with Gasteiger partial charge in [-0.1, -0.05) is 6.58 Å². The lowest BCUT2D eigenvalue weighted by Gasteiger charge is -2.11. The van der Waals surface area contributed by atoms with E-state index in [0.717, 1.165) is 18.5 Å². The molecule has 0 fully saturated rings. The molecular formula is C20H18F4N4O6. The molecule has 1 aliphatic heterocycles. The highest BCUT2D eigenvalue weighted by molar-refractivity contribution is 5.79. The van der Waals surface area contributed by atoms with Gasteiger partial charge in [0.2, 0.25) is 5.88 Å². The maximum Gasteiger partial charge on any atom is 0.586 e. The number of aromatic nitrogens is 2. The molecule has 34 heavy (non-hydrogen) atoms. The van der Waals surface area contributed by atoms with Crippen LogP contribution in [0.4, 0.5) is 17.6 Å². The Morgan fingerprint density at radius 1 is 1.06 bits per heavy atom. The summed E-state index contributed by atoms with van der Waals surface area (Å²) in [6.45, 7) is 2.93. The minimum atomic E-state index is -3.76. The van der Waals surface area contributed by atoms with Crippen LogP contribution in [-0.4, -0.2) is 47.8 Å². The van der Waals surface area contributed by atoms with E-state index >= 15 is 0 Å². The molecule has 0 saturated carbocycles. The molecule has 0 spiro atoms. The van der Waals surface area contributed by atoms with Gasteiger partial charge in [-0.2, -0.15) is 0 Å². The number of carbonyl (C=O) groups excluding carboxylic acids is 2. The number of rotatable bonds is 11. The maximum atomic E-state index is 13.0. The van der Waals surface area contributed by atoms with E-state index < -0.39 is 43.4 Å². The first kappa shape index (κ1) is 24.5. The monoisotopic (exact) mass is 486 g/mol. The minimum Gasteiger partial charge on any atom is -0.484 e. The number of amides is 2. The zero-order chi connectivity index (χ0) is 24.7. The second-order valence-electron chi connectivity index (χ2n) is 6.69. The molecule has 10 nitrogen and oxygen atoms in total. The van der Waals surface area contributed by atoms with Crippen LogP contribution in [0.1, 0.15) is 18.5 Å². The Hall–Kier alpha value is -4.10. The molecule has 182 valence electrons. The van der Waals surface area contributed by atoms with Crippen LogP contribution in [0.25, 0.3) is 0 Å². The molecule has 2 heterocycles. The van der Waals surface area contributed by atoms with Gasteiger partial charge in [-0.25, -0.2) is 18.7 Å². The largest absolute Gasteiger partial charge is 0.586 e. The van der Waals surface area contributed by atoms with Gasteiger partial charge in [0.1, 0.15) is 11.4 Å². The van der Waals surface area contributed by atoms with Gasteiger partial charge >= 0.3 is 6.29 Å². The number of ether oxygens (including phenoxy) is 4. The number of benzene rings is 1. The zero-order valence-electron chi connectivity index (χ0n) is 17.4. The highest BCUT2D eigenvalue weighted by Gasteiger charge is 2.43. The summed E-state index contributed by atoms with van der Waals surface area (Å²) in [5, 5.41) is 4.98. The summed E-state index contributed by atoms with van der Waals surface area (Å²) in [5.74, 6) is -1.43. The SMILES string of the molecule is C=C(CCNC(=O)COc1cnc(C(F)F)cn1)NC(=O)COc1ccc2c(c1)OC(F)(F)O2. The molecular weight excluding hydrogens is 468 g/mol. The van der Waals surface area contributed by atoms with Crippen molar-refractivity contribution in [3.63, 3.8) is 0 Å². The van der Waals surface area contributed by atoms with Crippen LogP contribution in [-0.2, 0) is 9.59 Å². The summed E-state index contributed by atoms with van der Waals surface area (Å²) in [4.78, 5) is 30.8. The predicted octanol–water partition coefficient (Wildman–Crippen LogP) is 2.33. The molecule has 0 saturated heterocycles. The quantitative estimate of drug-likeness (QED) is 0.465. The fourth-order valence-electron chi connectivity index (χ4n) is 2.52. The number of alkyl halides is 4. The minimum absolute atomic E-state index is 0.0904. The van der Waals surface area contributed by atoms with Gasteiger partial charge in [-0.15, -0.1) is 8.78 Å². The molecule has 0 bridgehead atoms. The predicted molar refractivity (Wildman–Crippen MR) is 106 cm³/mol. The van der Waals surface area contributed by atoms with Crippen molar-refractivity contribution in [3.05, 3.63) is 48.6 Å². The van der Waals surface area contributed by atoms with Crippen molar-refractivity contribution in [2.75, 3.05) is 19.8 Å². The Labute approximate surface area is 189 Å². The molecule has 0 radical (unpaired) electrons. The molecule has 1 aromatic carbocycles. The summed E-state index contributed by atoms with van der Waals surface area (Å²) in [5.41, 5.74) is -0.225. The Morgan fingerprint density at radius 2 is 1.79 bits per heavy atom. The summed E-state index contributed by atoms with van der Waals surface area (Å²) in [6.07, 6.45) is -4.50. The molecule has 14 heteroatoms. The lowest BCUT2D eigenvalue weighted by molar-refractivity contribution is -0.286. The van der Waals surface area contributed by atoms with Crippen molar-refractivity contribution in [1.82, 2.24) is 20.6 Å². The second kappa shape index (κ2) is 10.7. The van der Waals surface area contributed by atoms with Crippen molar-refractivity contribution in [3.8, 4) is 23.1 Å². The lowest BCUT2D eigenvalue weighted by atomic mass is 10.3. The summed E-state index contributed by atoms with van der Waals surface area (Å²) < 4.78 is 69.7. The summed E-state index contributed by atoms with van der Waals surface area (Å²) >= 11 is 0. The average molecular weight is 486 g/mol. The number of carbonyl (C=O) groups is 2. The molecule has 3 rings (SSSR count). The average Bonchev–Trinajstić information content (AvgIpc) is 3.09. The molecule has 0 aliphatic carbocycles. The molecule has 2 amide bonds. The Bertz CT molecular complexity index is 1050. The molecule has 0 unspecified atom stereocenters. The van der Waals surface area contributed by atoms with Crippen LogP contribution in [0, 0.1) is 0 Å². The molecule has 1 aromatic heterocycles. The second-order valence-corrected chi connectivity index (χ2v) is 6.69. The van der Waals surface area contributed by atoms with Gasteiger partial charge in [0.25, 0.3) is 18.2 Å². The smallest absolute Gasteiger partial charge is 0.484 e. The standard InChI is InChI=1S/C20H18F4N4O6/c1-11(4-5-25-16(29)9-32-18-8-26-13(7-27-18)19(21)22)28-17(30)10-31-12-2-3-14-15(6-12)34-20(23,24)33-14/h2-3,6-8,19H,1,4-5,9-10H2,(H,25,29)(H,28,30). The number of fused-ring (bicyclic) bond motifs is 1. The van der Waals surface area contributed by atoms with E-state index in [1.165, 1.54) is 12.1 Å². The Kier molecular flexibility index (Phi) is 7.71. The Balaban J connectivity index is 1.30. The zero-order valence-corrected chi connectivity index (χ0v) is 17.4.